The van der Waals surface area contributed by atoms with Crippen molar-refractivity contribution in [3.63, 3.8) is 0 Å². The summed E-state index contributed by atoms with van der Waals surface area (Å²) >= 11 is 0. The highest BCUT2D eigenvalue weighted by Crippen LogP contribution is 2.36. The molecule has 4 rings (SSSR count). The molecule has 1 N–H and O–H groups in total. The molecule has 2 aromatic carbocycles. The second-order valence-electron chi connectivity index (χ2n) is 6.98. The molecule has 0 aliphatic carbocycles. The van der Waals surface area contributed by atoms with Gasteiger partial charge in [-0.05, 0) is 68.2 Å². The van der Waals surface area contributed by atoms with Crippen molar-refractivity contribution < 1.29 is 5.11 Å². The number of rotatable bonds is 3. The Morgan fingerprint density at radius 2 is 1.79 bits per heavy atom. The van der Waals surface area contributed by atoms with E-state index in [0.29, 0.717) is 11.7 Å². The molecule has 0 radical (unpaired) electrons. The van der Waals surface area contributed by atoms with E-state index in [4.69, 9.17) is 0 Å². The van der Waals surface area contributed by atoms with Crippen molar-refractivity contribution in [2.24, 2.45) is 0 Å². The highest BCUT2D eigenvalue weighted by molar-refractivity contribution is 5.86. The quantitative estimate of drug-likeness (QED) is 0.783. The second kappa shape index (κ2) is 6.33. The van der Waals surface area contributed by atoms with Gasteiger partial charge in [-0.15, -0.1) is 0 Å². The minimum Gasteiger partial charge on any atom is -0.508 e. The van der Waals surface area contributed by atoms with Gasteiger partial charge in [-0.3, -0.25) is 0 Å². The summed E-state index contributed by atoms with van der Waals surface area (Å²) in [5.41, 5.74) is 3.91. The molecule has 0 amide bonds. The zero-order valence-electron chi connectivity index (χ0n) is 14.2. The normalized spacial score (nSPS) is 16.7. The molecule has 2 heterocycles. The average Bonchev–Trinajstić information content (AvgIpc) is 2.94. The minimum absolute atomic E-state index is 0.356. The molecule has 3 heteroatoms. The number of nitrogens with zero attached hydrogens (tertiary/aromatic N) is 2. The lowest BCUT2D eigenvalue weighted by molar-refractivity contribution is 0.256. The molecule has 3 nitrogen and oxygen atoms in total. The summed E-state index contributed by atoms with van der Waals surface area (Å²) in [6, 6.07) is 16.3. The summed E-state index contributed by atoms with van der Waals surface area (Å²) in [5, 5.41) is 11.2. The van der Waals surface area contributed by atoms with Gasteiger partial charge in [-0.25, -0.2) is 0 Å². The summed E-state index contributed by atoms with van der Waals surface area (Å²) in [5.74, 6) is 0.941. The molecule has 3 aromatic rings. The van der Waals surface area contributed by atoms with E-state index < -0.39 is 0 Å². The van der Waals surface area contributed by atoms with Crippen LogP contribution in [0.5, 0.6) is 5.75 Å². The summed E-state index contributed by atoms with van der Waals surface area (Å²) in [4.78, 5) is 2.40. The van der Waals surface area contributed by atoms with Crippen LogP contribution in [-0.2, 0) is 6.54 Å². The fraction of sp³-hybridized carbons (Fsp3) is 0.333. The maximum Gasteiger partial charge on any atom is 0.116 e. The Morgan fingerprint density at radius 1 is 1.04 bits per heavy atom. The van der Waals surface area contributed by atoms with Crippen molar-refractivity contribution in [1.29, 1.82) is 0 Å². The zero-order chi connectivity index (χ0) is 16.5. The Hall–Kier alpha value is -2.26. The lowest BCUT2D eigenvalue weighted by atomic mass is 9.89. The number of phenolic OH excluding ortho intramolecular Hbond substituents is 1. The van der Waals surface area contributed by atoms with Gasteiger partial charge >= 0.3 is 0 Å². The third kappa shape index (κ3) is 2.92. The van der Waals surface area contributed by atoms with Gasteiger partial charge in [0.25, 0.3) is 0 Å². The van der Waals surface area contributed by atoms with Crippen molar-refractivity contribution in [3.05, 3.63) is 65.9 Å². The topological polar surface area (TPSA) is 28.4 Å². The molecule has 1 aliphatic rings. The lowest BCUT2D eigenvalue weighted by Gasteiger charge is -2.28. The fourth-order valence-corrected chi connectivity index (χ4v) is 3.87. The molecule has 24 heavy (non-hydrogen) atoms. The number of phenols is 1. The third-order valence-electron chi connectivity index (χ3n) is 5.25. The Labute approximate surface area is 143 Å². The van der Waals surface area contributed by atoms with Crippen LogP contribution < -0.4 is 0 Å². The van der Waals surface area contributed by atoms with Gasteiger partial charge in [0, 0.05) is 23.6 Å². The molecule has 0 saturated carbocycles. The molecule has 1 aromatic heterocycles. The fourth-order valence-electron chi connectivity index (χ4n) is 3.87. The third-order valence-corrected chi connectivity index (χ3v) is 5.25. The first-order valence-electron chi connectivity index (χ1n) is 8.75. The number of piperidine rings is 1. The van der Waals surface area contributed by atoms with E-state index in [9.17, 15) is 5.11 Å². The first-order chi connectivity index (χ1) is 11.7. The standard InChI is InChI=1S/C21H24N2O/c1-22-11-9-17(10-12-22)20-15-23(14-16-5-3-2-4-6-16)21-8-7-18(24)13-19(20)21/h2-8,13,15,17,24H,9-12,14H2,1H3. The summed E-state index contributed by atoms with van der Waals surface area (Å²) in [7, 11) is 2.20. The van der Waals surface area contributed by atoms with Crippen LogP contribution in [-0.4, -0.2) is 34.7 Å². The van der Waals surface area contributed by atoms with Gasteiger partial charge in [-0.1, -0.05) is 30.3 Å². The van der Waals surface area contributed by atoms with Crippen molar-refractivity contribution in [1.82, 2.24) is 9.47 Å². The summed E-state index contributed by atoms with van der Waals surface area (Å²) in [6.07, 6.45) is 4.69. The van der Waals surface area contributed by atoms with E-state index in [1.165, 1.54) is 34.9 Å². The van der Waals surface area contributed by atoms with Gasteiger partial charge in [0.1, 0.15) is 5.75 Å². The van der Waals surface area contributed by atoms with E-state index in [1.807, 2.05) is 12.1 Å². The highest BCUT2D eigenvalue weighted by atomic mass is 16.3. The molecule has 0 spiro atoms. The van der Waals surface area contributed by atoms with Crippen LogP contribution in [0.3, 0.4) is 0 Å². The van der Waals surface area contributed by atoms with E-state index in [-0.39, 0.29) is 0 Å². The maximum atomic E-state index is 9.98. The van der Waals surface area contributed by atoms with E-state index in [2.05, 4.69) is 53.0 Å². The number of fused-ring (bicyclic) bond motifs is 1. The SMILES string of the molecule is CN1CCC(c2cn(Cc3ccccc3)c3ccc(O)cc23)CC1. The molecule has 1 fully saturated rings. The largest absolute Gasteiger partial charge is 0.508 e. The number of benzene rings is 2. The van der Waals surface area contributed by atoms with Gasteiger partial charge in [0.05, 0.1) is 0 Å². The van der Waals surface area contributed by atoms with Gasteiger partial charge in [0.2, 0.25) is 0 Å². The highest BCUT2D eigenvalue weighted by Gasteiger charge is 2.22. The van der Waals surface area contributed by atoms with E-state index in [0.717, 1.165) is 19.6 Å². The van der Waals surface area contributed by atoms with Gasteiger partial charge in [0.15, 0.2) is 0 Å². The van der Waals surface area contributed by atoms with Crippen LogP contribution in [0.2, 0.25) is 0 Å². The number of hydrogen-bond acceptors (Lipinski definition) is 2. The molecule has 0 bridgehead atoms. The van der Waals surface area contributed by atoms with Crippen molar-refractivity contribution in [3.8, 4) is 5.75 Å². The molecule has 0 atom stereocenters. The van der Waals surface area contributed by atoms with Crippen LogP contribution >= 0.6 is 0 Å². The Bertz CT molecular complexity index is 830. The van der Waals surface area contributed by atoms with Gasteiger partial charge in [-0.2, -0.15) is 0 Å². The van der Waals surface area contributed by atoms with E-state index >= 15 is 0 Å². The monoisotopic (exact) mass is 320 g/mol. The van der Waals surface area contributed by atoms with Crippen LogP contribution in [0.4, 0.5) is 0 Å². The Morgan fingerprint density at radius 3 is 2.54 bits per heavy atom. The second-order valence-corrected chi connectivity index (χ2v) is 6.98. The molecule has 1 saturated heterocycles. The molecule has 0 unspecified atom stereocenters. The predicted octanol–water partition coefficient (Wildman–Crippen LogP) is 4.20. The van der Waals surface area contributed by atoms with Crippen molar-refractivity contribution in [2.45, 2.75) is 25.3 Å². The van der Waals surface area contributed by atoms with Crippen LogP contribution in [0.15, 0.2) is 54.7 Å². The van der Waals surface area contributed by atoms with Gasteiger partial charge < -0.3 is 14.6 Å². The smallest absolute Gasteiger partial charge is 0.116 e. The number of aromatic hydroxyl groups is 1. The van der Waals surface area contributed by atoms with Crippen LogP contribution in [0, 0.1) is 0 Å². The van der Waals surface area contributed by atoms with Crippen LogP contribution in [0.1, 0.15) is 29.9 Å². The summed E-state index contributed by atoms with van der Waals surface area (Å²) < 4.78 is 2.33. The molecular formula is C21H24N2O. The minimum atomic E-state index is 0.356. The first kappa shape index (κ1) is 15.3. The van der Waals surface area contributed by atoms with Crippen molar-refractivity contribution in [2.75, 3.05) is 20.1 Å². The number of hydrogen-bond donors (Lipinski definition) is 1. The molecular weight excluding hydrogens is 296 g/mol. The van der Waals surface area contributed by atoms with Crippen LogP contribution in [0.25, 0.3) is 10.9 Å². The van der Waals surface area contributed by atoms with E-state index in [1.54, 1.807) is 6.07 Å². The summed E-state index contributed by atoms with van der Waals surface area (Å²) in [6.45, 7) is 3.17. The van der Waals surface area contributed by atoms with Crippen molar-refractivity contribution >= 4 is 10.9 Å². The first-order valence-corrected chi connectivity index (χ1v) is 8.75. The predicted molar refractivity (Wildman–Crippen MR) is 98.6 cm³/mol. The Kier molecular flexibility index (Phi) is 4.03. The number of likely N-dealkylation sites (tertiary alicyclic amines) is 1. The average molecular weight is 320 g/mol. The maximum absolute atomic E-state index is 9.98. The molecule has 1 aliphatic heterocycles. The lowest BCUT2D eigenvalue weighted by Crippen LogP contribution is -2.29. The zero-order valence-corrected chi connectivity index (χ0v) is 14.2. The molecule has 124 valence electrons. The Balaban J connectivity index is 1.75. The number of aromatic nitrogens is 1.